The first-order chi connectivity index (χ1) is 12.3. The molecule has 8 heteroatoms. The van der Waals surface area contributed by atoms with E-state index in [0.29, 0.717) is 11.7 Å². The third kappa shape index (κ3) is 4.04. The van der Waals surface area contributed by atoms with Gasteiger partial charge in [0, 0.05) is 37.8 Å². The van der Waals surface area contributed by atoms with Crippen LogP contribution in [-0.4, -0.2) is 63.4 Å². The van der Waals surface area contributed by atoms with Gasteiger partial charge in [-0.2, -0.15) is 0 Å². The number of benzene rings is 1. The fourth-order valence-corrected chi connectivity index (χ4v) is 3.59. The van der Waals surface area contributed by atoms with Gasteiger partial charge in [-0.3, -0.25) is 14.6 Å². The van der Waals surface area contributed by atoms with Crippen LogP contribution in [0.3, 0.4) is 0 Å². The highest BCUT2D eigenvalue weighted by atomic mass is 32.1. The Hall–Kier alpha value is -2.29. The molecule has 7 nitrogen and oxygen atoms in total. The van der Waals surface area contributed by atoms with Gasteiger partial charge < -0.3 is 10.3 Å². The molecule has 1 saturated heterocycles. The van der Waals surface area contributed by atoms with Gasteiger partial charge in [-0.05, 0) is 12.1 Å². The topological polar surface area (TPSA) is 77.2 Å². The van der Waals surface area contributed by atoms with E-state index in [9.17, 15) is 4.79 Å². The first kappa shape index (κ1) is 16.2. The molecule has 4 rings (SSSR count). The number of anilines is 1. The van der Waals surface area contributed by atoms with Gasteiger partial charge in [0.2, 0.25) is 5.91 Å². The van der Waals surface area contributed by atoms with E-state index in [2.05, 4.69) is 30.1 Å². The van der Waals surface area contributed by atoms with E-state index < -0.39 is 0 Å². The van der Waals surface area contributed by atoms with Crippen LogP contribution in [0.1, 0.15) is 5.82 Å². The predicted molar refractivity (Wildman–Crippen MR) is 98.6 cm³/mol. The minimum absolute atomic E-state index is 0.000633. The zero-order valence-electron chi connectivity index (χ0n) is 13.8. The maximum atomic E-state index is 12.0. The Bertz CT molecular complexity index is 805. The van der Waals surface area contributed by atoms with Gasteiger partial charge >= 0.3 is 0 Å². The lowest BCUT2D eigenvalue weighted by atomic mass is 10.3. The molecule has 130 valence electrons. The van der Waals surface area contributed by atoms with Crippen LogP contribution in [0.4, 0.5) is 5.13 Å². The molecule has 2 N–H and O–H groups in total. The largest absolute Gasteiger partial charge is 0.341 e. The normalized spacial score (nSPS) is 16.3. The Balaban J connectivity index is 1.26. The van der Waals surface area contributed by atoms with Gasteiger partial charge in [0.05, 0.1) is 24.1 Å². The number of imidazole rings is 1. The molecule has 0 aliphatic carbocycles. The maximum absolute atomic E-state index is 12.0. The number of piperazine rings is 1. The van der Waals surface area contributed by atoms with Gasteiger partial charge in [0.1, 0.15) is 5.82 Å². The molecule has 0 spiro atoms. The quantitative estimate of drug-likeness (QED) is 0.729. The Morgan fingerprint density at radius 2 is 2.00 bits per heavy atom. The number of para-hydroxylation sites is 2. The van der Waals surface area contributed by atoms with Gasteiger partial charge in [0.15, 0.2) is 5.13 Å². The summed E-state index contributed by atoms with van der Waals surface area (Å²) in [5.74, 6) is 0.997. The third-order valence-electron chi connectivity index (χ3n) is 4.32. The zero-order valence-corrected chi connectivity index (χ0v) is 14.6. The van der Waals surface area contributed by atoms with E-state index >= 15 is 0 Å². The van der Waals surface area contributed by atoms with Crippen LogP contribution in [0.15, 0.2) is 35.8 Å². The van der Waals surface area contributed by atoms with E-state index in [1.807, 2.05) is 29.6 Å². The van der Waals surface area contributed by atoms with Crippen molar-refractivity contribution in [1.82, 2.24) is 24.8 Å². The molecule has 0 atom stereocenters. The number of aromatic nitrogens is 3. The fraction of sp³-hybridized carbons (Fsp3) is 0.353. The Morgan fingerprint density at radius 1 is 1.20 bits per heavy atom. The molecule has 1 aromatic carbocycles. The lowest BCUT2D eigenvalue weighted by Gasteiger charge is -2.33. The number of H-pyrrole nitrogens is 1. The highest BCUT2D eigenvalue weighted by molar-refractivity contribution is 7.13. The Morgan fingerprint density at radius 3 is 2.76 bits per heavy atom. The number of amides is 1. The number of aromatic amines is 1. The number of hydrogen-bond acceptors (Lipinski definition) is 6. The minimum atomic E-state index is 0.000633. The summed E-state index contributed by atoms with van der Waals surface area (Å²) in [5.41, 5.74) is 2.09. The van der Waals surface area contributed by atoms with Crippen molar-refractivity contribution in [2.24, 2.45) is 0 Å². The van der Waals surface area contributed by atoms with Crippen LogP contribution in [-0.2, 0) is 11.3 Å². The first-order valence-electron chi connectivity index (χ1n) is 8.34. The van der Waals surface area contributed by atoms with Gasteiger partial charge in [-0.25, -0.2) is 9.97 Å². The van der Waals surface area contributed by atoms with Crippen LogP contribution in [0.2, 0.25) is 0 Å². The number of nitrogens with one attached hydrogen (secondary N) is 2. The molecule has 0 unspecified atom stereocenters. The second-order valence-electron chi connectivity index (χ2n) is 6.14. The summed E-state index contributed by atoms with van der Waals surface area (Å²) >= 11 is 1.44. The van der Waals surface area contributed by atoms with Crippen molar-refractivity contribution < 1.29 is 4.79 Å². The van der Waals surface area contributed by atoms with E-state index in [-0.39, 0.29) is 5.91 Å². The van der Waals surface area contributed by atoms with Gasteiger partial charge in [-0.1, -0.05) is 12.1 Å². The lowest BCUT2D eigenvalue weighted by molar-refractivity contribution is -0.117. The predicted octanol–water partition coefficient (Wildman–Crippen LogP) is 1.78. The average Bonchev–Trinajstić information content (AvgIpc) is 3.25. The van der Waals surface area contributed by atoms with Crippen molar-refractivity contribution in [3.05, 3.63) is 41.7 Å². The zero-order chi connectivity index (χ0) is 17.1. The number of rotatable bonds is 5. The molecule has 1 fully saturated rings. The van der Waals surface area contributed by atoms with Gasteiger partial charge in [0.25, 0.3) is 0 Å². The molecule has 0 bridgehead atoms. The van der Waals surface area contributed by atoms with Gasteiger partial charge in [-0.15, -0.1) is 11.3 Å². The summed E-state index contributed by atoms with van der Waals surface area (Å²) in [7, 11) is 0. The molecule has 1 aliphatic heterocycles. The Kier molecular flexibility index (Phi) is 4.73. The van der Waals surface area contributed by atoms with E-state index in [1.54, 1.807) is 6.20 Å². The molecular formula is C17H20N6OS. The van der Waals surface area contributed by atoms with Crippen molar-refractivity contribution in [2.75, 3.05) is 38.0 Å². The highest BCUT2D eigenvalue weighted by Gasteiger charge is 2.20. The molecule has 3 heterocycles. The molecule has 2 aromatic heterocycles. The van der Waals surface area contributed by atoms with Crippen molar-refractivity contribution >= 4 is 33.4 Å². The molecule has 3 aromatic rings. The number of carbonyl (C=O) groups excluding carboxylic acids is 1. The standard InChI is InChI=1S/C17H20N6OS/c24-16(21-17-18-5-10-25-17)12-23-8-6-22(7-9-23)11-15-19-13-3-1-2-4-14(13)20-15/h1-5,10H,6-9,11-12H2,(H,19,20)(H,18,21,24). The smallest absolute Gasteiger partial charge is 0.240 e. The number of carbonyl (C=O) groups is 1. The maximum Gasteiger partial charge on any atom is 0.240 e. The minimum Gasteiger partial charge on any atom is -0.341 e. The van der Waals surface area contributed by atoms with Crippen LogP contribution in [0, 0.1) is 0 Å². The second kappa shape index (κ2) is 7.30. The number of hydrogen-bond donors (Lipinski definition) is 2. The summed E-state index contributed by atoms with van der Waals surface area (Å²) < 4.78 is 0. The molecular weight excluding hydrogens is 336 g/mol. The average molecular weight is 356 g/mol. The highest BCUT2D eigenvalue weighted by Crippen LogP contribution is 2.13. The lowest BCUT2D eigenvalue weighted by Crippen LogP contribution is -2.48. The van der Waals surface area contributed by atoms with Crippen LogP contribution >= 0.6 is 11.3 Å². The first-order valence-corrected chi connectivity index (χ1v) is 9.22. The molecule has 1 amide bonds. The molecule has 0 saturated carbocycles. The van der Waals surface area contributed by atoms with Crippen LogP contribution < -0.4 is 5.32 Å². The van der Waals surface area contributed by atoms with Crippen molar-refractivity contribution in [2.45, 2.75) is 6.54 Å². The Labute approximate surface area is 149 Å². The molecule has 25 heavy (non-hydrogen) atoms. The summed E-state index contributed by atoms with van der Waals surface area (Å²) in [6, 6.07) is 8.08. The summed E-state index contributed by atoms with van der Waals surface area (Å²) in [5, 5.41) is 5.35. The van der Waals surface area contributed by atoms with Crippen LogP contribution in [0.5, 0.6) is 0 Å². The summed E-state index contributed by atoms with van der Waals surface area (Å²) in [6.45, 7) is 4.85. The molecule has 1 aliphatic rings. The second-order valence-corrected chi connectivity index (χ2v) is 7.03. The number of nitrogens with zero attached hydrogens (tertiary/aromatic N) is 4. The van der Waals surface area contributed by atoms with Crippen molar-refractivity contribution in [1.29, 1.82) is 0 Å². The molecule has 0 radical (unpaired) electrons. The fourth-order valence-electron chi connectivity index (χ4n) is 3.04. The number of thiazole rings is 1. The monoisotopic (exact) mass is 356 g/mol. The van der Waals surface area contributed by atoms with E-state index in [4.69, 9.17) is 0 Å². The van der Waals surface area contributed by atoms with Crippen LogP contribution in [0.25, 0.3) is 11.0 Å². The van der Waals surface area contributed by atoms with Crippen molar-refractivity contribution in [3.8, 4) is 0 Å². The van der Waals surface area contributed by atoms with E-state index in [0.717, 1.165) is 49.6 Å². The summed E-state index contributed by atoms with van der Waals surface area (Å²) in [6.07, 6.45) is 1.69. The van der Waals surface area contributed by atoms with Crippen molar-refractivity contribution in [3.63, 3.8) is 0 Å². The number of fused-ring (bicyclic) bond motifs is 1. The third-order valence-corrected chi connectivity index (χ3v) is 5.01. The summed E-state index contributed by atoms with van der Waals surface area (Å²) in [4.78, 5) is 28.7. The van der Waals surface area contributed by atoms with E-state index in [1.165, 1.54) is 11.3 Å². The SMILES string of the molecule is O=C(CN1CCN(Cc2nc3ccccc3[nH]2)CC1)Nc1nccs1.